The van der Waals surface area contributed by atoms with E-state index in [9.17, 15) is 31.5 Å². The van der Waals surface area contributed by atoms with Gasteiger partial charge in [0.15, 0.2) is 23.3 Å². The Kier molecular flexibility index (Phi) is 5.47. The van der Waals surface area contributed by atoms with Crippen LogP contribution in [0.15, 0.2) is 0 Å². The third kappa shape index (κ3) is 3.41. The van der Waals surface area contributed by atoms with Gasteiger partial charge in [-0.25, -0.2) is 22.0 Å². The maximum atomic E-state index is 13.3. The minimum absolute atomic E-state index is 0.632. The highest BCUT2D eigenvalue weighted by Crippen LogP contribution is 2.22. The molecule has 10 heteroatoms. The second-order valence-electron chi connectivity index (χ2n) is 3.65. The van der Waals surface area contributed by atoms with Crippen molar-refractivity contribution >= 4 is 23.5 Å². The number of rotatable bonds is 4. The van der Waals surface area contributed by atoms with Crippen molar-refractivity contribution in [3.63, 3.8) is 0 Å². The highest BCUT2D eigenvalue weighted by atomic mass is 35.5. The number of methoxy groups -OCH3 is 1. The van der Waals surface area contributed by atoms with Gasteiger partial charge in [-0.3, -0.25) is 9.59 Å². The van der Waals surface area contributed by atoms with E-state index in [0.717, 1.165) is 7.11 Å². The minimum atomic E-state index is -2.38. The molecule has 0 aliphatic rings. The number of benzene rings is 1. The SMILES string of the molecule is COC(=O)C(Cl)CNC(=O)c1c(F)c(F)c(F)c(F)c1F. The lowest BCUT2D eigenvalue weighted by atomic mass is 10.1. The summed E-state index contributed by atoms with van der Waals surface area (Å²) in [5, 5.41) is 0.373. The fraction of sp³-hybridized carbons (Fsp3) is 0.273. The Bertz CT molecular complexity index is 567. The molecule has 1 aromatic carbocycles. The monoisotopic (exact) mass is 331 g/mol. The molecule has 1 rings (SSSR count). The molecule has 0 bridgehead atoms. The molecular formula is C11H7ClF5NO3. The molecular weight excluding hydrogens is 325 g/mol. The number of halogens is 6. The van der Waals surface area contributed by atoms with Gasteiger partial charge in [0.2, 0.25) is 5.82 Å². The Hall–Kier alpha value is -1.90. The molecule has 4 nitrogen and oxygen atoms in total. The van der Waals surface area contributed by atoms with E-state index in [2.05, 4.69) is 4.74 Å². The van der Waals surface area contributed by atoms with E-state index in [1.807, 2.05) is 0 Å². The van der Waals surface area contributed by atoms with Crippen LogP contribution in [-0.4, -0.2) is 30.9 Å². The van der Waals surface area contributed by atoms with Crippen molar-refractivity contribution in [3.8, 4) is 0 Å². The lowest BCUT2D eigenvalue weighted by molar-refractivity contribution is -0.140. The number of carbonyl (C=O) groups is 2. The smallest absolute Gasteiger partial charge is 0.325 e. The Morgan fingerprint density at radius 1 is 1.05 bits per heavy atom. The molecule has 0 spiro atoms. The number of hydrogen-bond acceptors (Lipinski definition) is 3. The first kappa shape index (κ1) is 17.2. The second kappa shape index (κ2) is 6.70. The lowest BCUT2D eigenvalue weighted by Crippen LogP contribution is -2.35. The number of ether oxygens (including phenoxy) is 1. The number of esters is 1. The van der Waals surface area contributed by atoms with E-state index in [1.54, 1.807) is 5.32 Å². The van der Waals surface area contributed by atoms with Crippen LogP contribution in [-0.2, 0) is 9.53 Å². The average Bonchev–Trinajstić information content (AvgIpc) is 2.47. The molecule has 0 aromatic heterocycles. The van der Waals surface area contributed by atoms with Crippen molar-refractivity contribution in [2.24, 2.45) is 0 Å². The van der Waals surface area contributed by atoms with Gasteiger partial charge in [0.1, 0.15) is 10.9 Å². The molecule has 1 unspecified atom stereocenters. The van der Waals surface area contributed by atoms with Crippen LogP contribution in [0.3, 0.4) is 0 Å². The average molecular weight is 332 g/mol. The van der Waals surface area contributed by atoms with E-state index < -0.39 is 58.4 Å². The fourth-order valence-electron chi connectivity index (χ4n) is 1.29. The highest BCUT2D eigenvalue weighted by Gasteiger charge is 2.30. The van der Waals surface area contributed by atoms with Crippen molar-refractivity contribution < 1.29 is 36.3 Å². The normalized spacial score (nSPS) is 12.0. The summed E-state index contributed by atoms with van der Waals surface area (Å²) >= 11 is 5.45. The summed E-state index contributed by atoms with van der Waals surface area (Å²) in [6.45, 7) is -0.632. The second-order valence-corrected chi connectivity index (χ2v) is 4.17. The molecule has 116 valence electrons. The zero-order chi connectivity index (χ0) is 16.3. The topological polar surface area (TPSA) is 55.4 Å². The van der Waals surface area contributed by atoms with Crippen LogP contribution in [0.1, 0.15) is 10.4 Å². The Balaban J connectivity index is 3.02. The van der Waals surface area contributed by atoms with Gasteiger partial charge in [-0.05, 0) is 0 Å². The first-order chi connectivity index (χ1) is 9.72. The van der Waals surface area contributed by atoms with E-state index in [4.69, 9.17) is 11.6 Å². The first-order valence-corrected chi connectivity index (χ1v) is 5.67. The van der Waals surface area contributed by atoms with Crippen LogP contribution in [0.25, 0.3) is 0 Å². The summed E-state index contributed by atoms with van der Waals surface area (Å²) in [7, 11) is 1.00. The van der Waals surface area contributed by atoms with E-state index >= 15 is 0 Å². The van der Waals surface area contributed by atoms with Crippen LogP contribution >= 0.6 is 11.6 Å². The molecule has 0 aliphatic carbocycles. The molecule has 0 aliphatic heterocycles. The number of alkyl halides is 1. The number of amides is 1. The molecule has 0 saturated carbocycles. The molecule has 0 fully saturated rings. The molecule has 21 heavy (non-hydrogen) atoms. The Morgan fingerprint density at radius 3 is 1.90 bits per heavy atom. The molecule has 1 N–H and O–H groups in total. The van der Waals surface area contributed by atoms with Crippen molar-refractivity contribution in [2.45, 2.75) is 5.38 Å². The van der Waals surface area contributed by atoms with E-state index in [-0.39, 0.29) is 0 Å². The van der Waals surface area contributed by atoms with Gasteiger partial charge in [-0.1, -0.05) is 0 Å². The van der Waals surface area contributed by atoms with Crippen LogP contribution in [0.4, 0.5) is 22.0 Å². The van der Waals surface area contributed by atoms with Crippen molar-refractivity contribution in [1.29, 1.82) is 0 Å². The van der Waals surface area contributed by atoms with Gasteiger partial charge in [0, 0.05) is 6.54 Å². The first-order valence-electron chi connectivity index (χ1n) is 5.23. The molecule has 1 amide bonds. The summed E-state index contributed by atoms with van der Waals surface area (Å²) in [6.07, 6.45) is 0. The molecule has 0 radical (unpaired) electrons. The number of hydrogen-bond donors (Lipinski definition) is 1. The van der Waals surface area contributed by atoms with Gasteiger partial charge >= 0.3 is 5.97 Å². The molecule has 1 atom stereocenters. The summed E-state index contributed by atoms with van der Waals surface area (Å²) in [5.74, 6) is -14.0. The molecule has 0 saturated heterocycles. The highest BCUT2D eigenvalue weighted by molar-refractivity contribution is 6.30. The van der Waals surface area contributed by atoms with Gasteiger partial charge < -0.3 is 10.1 Å². The zero-order valence-corrected chi connectivity index (χ0v) is 11.0. The zero-order valence-electron chi connectivity index (χ0n) is 10.3. The molecule has 0 heterocycles. The predicted molar refractivity (Wildman–Crippen MR) is 60.2 cm³/mol. The summed E-state index contributed by atoms with van der Waals surface area (Å²) in [4.78, 5) is 22.4. The van der Waals surface area contributed by atoms with Crippen LogP contribution in [0.5, 0.6) is 0 Å². The van der Waals surface area contributed by atoms with Gasteiger partial charge in [0.05, 0.1) is 7.11 Å². The van der Waals surface area contributed by atoms with Crippen LogP contribution in [0, 0.1) is 29.1 Å². The Labute approximate surface area is 119 Å². The summed E-state index contributed by atoms with van der Waals surface area (Å²) in [6, 6.07) is 0. The summed E-state index contributed by atoms with van der Waals surface area (Å²) < 4.78 is 69.4. The van der Waals surface area contributed by atoms with E-state index in [1.165, 1.54) is 0 Å². The van der Waals surface area contributed by atoms with Crippen molar-refractivity contribution in [1.82, 2.24) is 5.32 Å². The quantitative estimate of drug-likeness (QED) is 0.301. The van der Waals surface area contributed by atoms with Crippen LogP contribution in [0.2, 0.25) is 0 Å². The van der Waals surface area contributed by atoms with Crippen molar-refractivity contribution in [2.75, 3.05) is 13.7 Å². The maximum Gasteiger partial charge on any atom is 0.325 e. The number of carbonyl (C=O) groups excluding carboxylic acids is 2. The van der Waals surface area contributed by atoms with Crippen molar-refractivity contribution in [3.05, 3.63) is 34.6 Å². The van der Waals surface area contributed by atoms with Gasteiger partial charge in [0.25, 0.3) is 5.91 Å². The van der Waals surface area contributed by atoms with Crippen LogP contribution < -0.4 is 5.32 Å². The minimum Gasteiger partial charge on any atom is -0.468 e. The predicted octanol–water partition coefficient (Wildman–Crippen LogP) is 1.89. The molecule has 1 aromatic rings. The fourth-order valence-corrected chi connectivity index (χ4v) is 1.45. The standard InChI is InChI=1S/C11H7ClF5NO3/c1-21-11(20)3(12)2-18-10(19)4-5(13)7(15)9(17)8(16)6(4)14/h3H,2H2,1H3,(H,18,19). The third-order valence-corrected chi connectivity index (χ3v) is 2.67. The lowest BCUT2D eigenvalue weighted by Gasteiger charge is -2.11. The largest absolute Gasteiger partial charge is 0.468 e. The van der Waals surface area contributed by atoms with Gasteiger partial charge in [-0.2, -0.15) is 0 Å². The number of nitrogens with one attached hydrogen (secondary N) is 1. The summed E-state index contributed by atoms with van der Waals surface area (Å²) in [5.41, 5.74) is -1.67. The Morgan fingerprint density at radius 2 is 1.48 bits per heavy atom. The van der Waals surface area contributed by atoms with Gasteiger partial charge in [-0.15, -0.1) is 11.6 Å². The van der Waals surface area contributed by atoms with E-state index in [0.29, 0.717) is 0 Å². The maximum absolute atomic E-state index is 13.3. The third-order valence-electron chi connectivity index (χ3n) is 2.34.